The number of anilines is 2. The first kappa shape index (κ1) is 54.1. The first-order chi connectivity index (χ1) is 28.0. The second-order valence-corrected chi connectivity index (χ2v) is 14.5. The zero-order valence-corrected chi connectivity index (χ0v) is 42.8. The van der Waals surface area contributed by atoms with Crippen molar-refractivity contribution >= 4 is 46.9 Å². The van der Waals surface area contributed by atoms with Crippen molar-refractivity contribution in [3.05, 3.63) is 98.1 Å². The summed E-state index contributed by atoms with van der Waals surface area (Å²) in [5.41, 5.74) is 11.9. The molecular weight excluding hydrogens is 985 g/mol. The van der Waals surface area contributed by atoms with Crippen LogP contribution in [0.25, 0.3) is 12.2 Å². The Morgan fingerprint density at radius 3 is 1.98 bits per heavy atom. The summed E-state index contributed by atoms with van der Waals surface area (Å²) in [7, 11) is 0. The molecule has 0 saturated carbocycles. The number of carbonyl (C=O) groups excluding carboxylic acids is 2. The smallest absolute Gasteiger partial charge is 0.254 e. The number of hydrogen-bond acceptors (Lipinski definition) is 4. The fraction of sp³-hybridized carbons (Fsp3) is 0.529. The van der Waals surface area contributed by atoms with Gasteiger partial charge >= 0.3 is 0 Å². The van der Waals surface area contributed by atoms with E-state index >= 15 is 0 Å². The fourth-order valence-electron chi connectivity index (χ4n) is 7.45. The molecule has 6 nitrogen and oxygen atoms in total. The van der Waals surface area contributed by atoms with Crippen LogP contribution >= 0.6 is 11.6 Å². The van der Waals surface area contributed by atoms with Gasteiger partial charge in [0, 0.05) is 47.7 Å². The van der Waals surface area contributed by atoms with E-state index in [2.05, 4.69) is 81.5 Å². The first-order valence-corrected chi connectivity index (χ1v) is 22.8. The summed E-state index contributed by atoms with van der Waals surface area (Å²) < 4.78 is 0. The topological polar surface area (TPSA) is 64.1 Å². The molecule has 0 aliphatic carbocycles. The number of halogens is 1. The van der Waals surface area contributed by atoms with Crippen molar-refractivity contribution in [3.63, 3.8) is 0 Å². The number of hydrogen-bond donors (Lipinski definition) is 1. The van der Waals surface area contributed by atoms with Gasteiger partial charge in [-0.1, -0.05) is 107 Å². The van der Waals surface area contributed by atoms with E-state index in [-0.39, 0.29) is 17.6 Å². The van der Waals surface area contributed by atoms with E-state index in [1.165, 1.54) is 49.9 Å². The summed E-state index contributed by atoms with van der Waals surface area (Å²) in [6, 6.07) is 15.4. The molecule has 0 saturated heterocycles. The SMILES string of the molecule is CC.CC.CCC.CCCN(CCC)CCCc1ccc2c(c1)CCN2C(=O)/C(C)=C/c1c(C)ccc2c1CCN2C(=O)/C(=C/c1cc(O)[c-]c(C)c1C)CC.CCl.[Cm]. The van der Waals surface area contributed by atoms with Crippen molar-refractivity contribution in [1.29, 1.82) is 0 Å². The number of benzene rings is 3. The van der Waals surface area contributed by atoms with Gasteiger partial charge in [-0.3, -0.25) is 9.59 Å². The van der Waals surface area contributed by atoms with E-state index in [0.717, 1.165) is 77.0 Å². The Morgan fingerprint density at radius 1 is 0.814 bits per heavy atom. The molecule has 1 N–H and O–H groups in total. The summed E-state index contributed by atoms with van der Waals surface area (Å²) >= 11 is 4.64. The quantitative estimate of drug-likeness (QED) is 0.105. The third kappa shape index (κ3) is 14.7. The van der Waals surface area contributed by atoms with Crippen molar-refractivity contribution in [2.75, 3.05) is 48.9 Å². The number of aromatic hydroxyl groups is 1. The van der Waals surface area contributed by atoms with Gasteiger partial charge < -0.3 is 19.8 Å². The molecule has 0 aromatic heterocycles. The third-order valence-corrected chi connectivity index (χ3v) is 10.3. The molecule has 330 valence electrons. The molecule has 0 radical (unpaired) electrons. The average molecular weight is 1060 g/mol. The Bertz CT molecular complexity index is 1800. The minimum absolute atomic E-state index is 0. The molecule has 2 aliphatic rings. The van der Waals surface area contributed by atoms with Crippen LogP contribution in [0.2, 0.25) is 0 Å². The van der Waals surface area contributed by atoms with Crippen LogP contribution in [-0.2, 0) is 28.9 Å². The molecule has 59 heavy (non-hydrogen) atoms. The van der Waals surface area contributed by atoms with Crippen molar-refractivity contribution in [1.82, 2.24) is 4.90 Å². The molecule has 0 spiro atoms. The molecule has 0 unspecified atom stereocenters. The van der Waals surface area contributed by atoms with Crippen molar-refractivity contribution < 1.29 is 14.7 Å². The van der Waals surface area contributed by atoms with E-state index in [1.54, 1.807) is 6.07 Å². The molecule has 2 heterocycles. The number of alkyl halides is 1. The van der Waals surface area contributed by atoms with Crippen molar-refractivity contribution in [3.8, 4) is 5.75 Å². The number of aryl methyl sites for hydroxylation is 3. The van der Waals surface area contributed by atoms with Gasteiger partial charge in [0.15, 0.2) is 0 Å². The van der Waals surface area contributed by atoms with E-state index < -0.39 is 0 Å². The standard InChI is InChI=1S/C43H54N3O3.C3H8.2C2H6.CH3Cl.Cm/c1-8-19-44(20-9-2)21-11-12-33-14-16-40-35(26-33)17-22-45(40)42(48)31(6)25-39-29(4)13-15-41-38(39)18-23-46(41)43(49)34(10-3)27-36-28-37(47)24-30(5)32(36)7;1-3-2;3*1-2;/h13-16,25-28,47H,8-12,17-23H2,1-7H3;3H2,1-2H3;2*1-2H3;1H3;/q-1;;;;;/b31-25+,34-27+;;;;;. The molecule has 0 atom stereocenters. The molecule has 8 heteroatoms. The molecule has 0 fully saturated rings. The first-order valence-electron chi connectivity index (χ1n) is 22.1. The molecule has 0 bridgehead atoms. The van der Waals surface area contributed by atoms with Gasteiger partial charge in [-0.25, -0.2) is 0 Å². The van der Waals surface area contributed by atoms with Crippen molar-refractivity contribution in [2.45, 2.75) is 141 Å². The van der Waals surface area contributed by atoms with Gasteiger partial charge in [0.05, 0.1) is 0 Å². The van der Waals surface area contributed by atoms with Crippen LogP contribution in [0.3, 0.4) is 0 Å². The molecule has 3 aromatic carbocycles. The van der Waals surface area contributed by atoms with Gasteiger partial charge in [-0.2, -0.15) is 5.56 Å². The minimum atomic E-state index is -0.0236. The number of phenols is 1. The fourth-order valence-corrected chi connectivity index (χ4v) is 7.45. The summed E-state index contributed by atoms with van der Waals surface area (Å²) in [6.07, 6.45) is 13.4. The minimum Gasteiger partial charge on any atom is -0.534 e. The van der Waals surface area contributed by atoms with Gasteiger partial charge in [-0.05, 0) is 124 Å². The van der Waals surface area contributed by atoms with E-state index in [0.29, 0.717) is 30.7 Å². The molecule has 2 amide bonds. The molecule has 3 aromatic rings. The summed E-state index contributed by atoms with van der Waals surface area (Å²) in [4.78, 5) is 34.2. The van der Waals surface area contributed by atoms with Crippen LogP contribution in [0.4, 0.5) is 11.4 Å². The van der Waals surface area contributed by atoms with Gasteiger partial charge in [0.25, 0.3) is 11.8 Å². The maximum Gasteiger partial charge on any atom is 0.254 e. The second kappa shape index (κ2) is 28.5. The predicted molar refractivity (Wildman–Crippen MR) is 254 cm³/mol. The number of amides is 2. The van der Waals surface area contributed by atoms with Gasteiger partial charge in [0.2, 0.25) is 0 Å². The zero-order valence-electron chi connectivity index (χ0n) is 39.1. The summed E-state index contributed by atoms with van der Waals surface area (Å²) in [5, 5.41) is 10.1. The molecule has 2 aliphatic heterocycles. The summed E-state index contributed by atoms with van der Waals surface area (Å²) in [6.45, 7) is 31.4. The number of rotatable bonds is 13. The Morgan fingerprint density at radius 2 is 1.39 bits per heavy atom. The van der Waals surface area contributed by atoms with Gasteiger partial charge in [-0.15, -0.1) is 34.9 Å². The Hall–Kier alpha value is -4.87. The number of nitrogens with zero attached hydrogens (tertiary/aromatic N) is 3. The van der Waals surface area contributed by atoms with Crippen LogP contribution in [0.1, 0.15) is 146 Å². The number of carbonyl (C=O) groups is 2. The Labute approximate surface area is 359 Å². The summed E-state index contributed by atoms with van der Waals surface area (Å²) in [5.74, 6) is 0.0915. The Kier molecular flexibility index (Phi) is 26.2. The van der Waals surface area contributed by atoms with Crippen LogP contribution in [-0.4, -0.2) is 60.9 Å². The number of fused-ring (bicyclic) bond motifs is 2. The maximum absolute atomic E-state index is 13.9. The monoisotopic (exact) mass is 1060 g/mol. The number of phenolic OH excluding ortho intramolecular Hbond substituents is 1. The van der Waals surface area contributed by atoms with Gasteiger partial charge in [0.1, 0.15) is 0 Å². The largest absolute Gasteiger partial charge is 0.534 e. The maximum atomic E-state index is 13.9. The van der Waals surface area contributed by atoms with Crippen molar-refractivity contribution in [2.24, 2.45) is 0 Å². The van der Waals surface area contributed by atoms with Crippen LogP contribution < -0.4 is 9.80 Å². The van der Waals surface area contributed by atoms with E-state index in [1.807, 2.05) is 83.4 Å². The third-order valence-electron chi connectivity index (χ3n) is 10.3. The molecule has 5 rings (SSSR count). The molecular formula is C51H77ClCmN3O3-. The van der Waals surface area contributed by atoms with E-state index in [9.17, 15) is 14.7 Å². The van der Waals surface area contributed by atoms with Crippen LogP contribution in [0.5, 0.6) is 5.75 Å². The second-order valence-electron chi connectivity index (χ2n) is 14.5. The Balaban J connectivity index is 0.00000313. The van der Waals surface area contributed by atoms with E-state index in [4.69, 9.17) is 0 Å². The predicted octanol–water partition coefficient (Wildman–Crippen LogP) is 12.9. The normalized spacial score (nSPS) is 12.7. The zero-order chi connectivity index (χ0) is 43.9. The van der Waals surface area contributed by atoms with Crippen LogP contribution in [0, 0.1) is 26.8 Å². The average Bonchev–Trinajstić information content (AvgIpc) is 3.86. The van der Waals surface area contributed by atoms with Crippen LogP contribution in [0.15, 0.2) is 47.5 Å².